The van der Waals surface area contributed by atoms with Crippen molar-refractivity contribution in [3.8, 4) is 0 Å². The Balaban J connectivity index is 1.65. The SMILES string of the molecule is CS(=O)(=O)c1ccc(C2CN2C(=O)Cc2ccccc2)cc1. The summed E-state index contributed by atoms with van der Waals surface area (Å²) in [6, 6.07) is 16.5. The zero-order valence-electron chi connectivity index (χ0n) is 12.3. The Kier molecular flexibility index (Phi) is 3.74. The predicted molar refractivity (Wildman–Crippen MR) is 84.2 cm³/mol. The average Bonchev–Trinajstić information content (AvgIpc) is 3.28. The Labute approximate surface area is 130 Å². The summed E-state index contributed by atoms with van der Waals surface area (Å²) < 4.78 is 22.9. The van der Waals surface area contributed by atoms with E-state index in [4.69, 9.17) is 0 Å². The van der Waals surface area contributed by atoms with Crippen molar-refractivity contribution in [1.29, 1.82) is 0 Å². The molecule has 1 atom stereocenters. The smallest absolute Gasteiger partial charge is 0.227 e. The molecule has 1 aliphatic rings. The van der Waals surface area contributed by atoms with Gasteiger partial charge in [-0.05, 0) is 23.3 Å². The summed E-state index contributed by atoms with van der Waals surface area (Å²) in [6.07, 6.45) is 1.59. The molecule has 0 saturated carbocycles. The number of sulfone groups is 1. The summed E-state index contributed by atoms with van der Waals surface area (Å²) in [7, 11) is -3.18. The molecule has 5 heteroatoms. The maximum atomic E-state index is 12.2. The molecular formula is C17H17NO3S. The van der Waals surface area contributed by atoms with Gasteiger partial charge in [-0.15, -0.1) is 0 Å². The van der Waals surface area contributed by atoms with Gasteiger partial charge >= 0.3 is 0 Å². The molecule has 1 saturated heterocycles. The van der Waals surface area contributed by atoms with E-state index < -0.39 is 9.84 Å². The molecule has 1 aliphatic heterocycles. The first-order valence-electron chi connectivity index (χ1n) is 7.08. The Morgan fingerprint density at radius 2 is 1.73 bits per heavy atom. The lowest BCUT2D eigenvalue weighted by molar-refractivity contribution is -0.125. The molecule has 22 heavy (non-hydrogen) atoms. The highest BCUT2D eigenvalue weighted by atomic mass is 32.2. The highest BCUT2D eigenvalue weighted by Gasteiger charge is 2.39. The largest absolute Gasteiger partial charge is 0.331 e. The number of amides is 1. The normalized spacial score (nSPS) is 17.3. The molecule has 1 fully saturated rings. The fourth-order valence-corrected chi connectivity index (χ4v) is 3.14. The molecule has 3 rings (SSSR count). The third-order valence-corrected chi connectivity index (χ3v) is 4.95. The summed E-state index contributed by atoms with van der Waals surface area (Å²) >= 11 is 0. The lowest BCUT2D eigenvalue weighted by Crippen LogP contribution is -2.14. The number of hydrogen-bond acceptors (Lipinski definition) is 3. The molecule has 0 aromatic heterocycles. The van der Waals surface area contributed by atoms with Gasteiger partial charge in [0.25, 0.3) is 0 Å². The van der Waals surface area contributed by atoms with Crippen molar-refractivity contribution in [2.45, 2.75) is 17.4 Å². The van der Waals surface area contributed by atoms with E-state index in [-0.39, 0.29) is 11.9 Å². The molecule has 1 unspecified atom stereocenters. The maximum absolute atomic E-state index is 12.2. The van der Waals surface area contributed by atoms with Crippen molar-refractivity contribution >= 4 is 15.7 Å². The van der Waals surface area contributed by atoms with Gasteiger partial charge in [0.15, 0.2) is 9.84 Å². The van der Waals surface area contributed by atoms with Crippen LogP contribution in [-0.4, -0.2) is 32.0 Å². The minimum Gasteiger partial charge on any atom is -0.331 e. The summed E-state index contributed by atoms with van der Waals surface area (Å²) in [5, 5.41) is 0. The average molecular weight is 315 g/mol. The van der Waals surface area contributed by atoms with Crippen LogP contribution in [0.4, 0.5) is 0 Å². The van der Waals surface area contributed by atoms with Crippen LogP contribution in [0, 0.1) is 0 Å². The quantitative estimate of drug-likeness (QED) is 0.813. The van der Waals surface area contributed by atoms with Crippen molar-refractivity contribution in [3.63, 3.8) is 0 Å². The van der Waals surface area contributed by atoms with E-state index in [1.807, 2.05) is 35.2 Å². The summed E-state index contributed by atoms with van der Waals surface area (Å²) in [5.41, 5.74) is 1.99. The van der Waals surface area contributed by atoms with Gasteiger partial charge in [0.05, 0.1) is 17.4 Å². The van der Waals surface area contributed by atoms with Gasteiger partial charge in [0, 0.05) is 12.8 Å². The van der Waals surface area contributed by atoms with Crippen LogP contribution in [0.2, 0.25) is 0 Å². The van der Waals surface area contributed by atoms with Gasteiger partial charge < -0.3 is 4.90 Å². The second-order valence-electron chi connectivity index (χ2n) is 5.57. The topological polar surface area (TPSA) is 54.2 Å². The molecule has 0 aliphatic carbocycles. The molecule has 2 aromatic rings. The van der Waals surface area contributed by atoms with E-state index >= 15 is 0 Å². The molecular weight excluding hydrogens is 298 g/mol. The van der Waals surface area contributed by atoms with Gasteiger partial charge in [-0.25, -0.2) is 8.42 Å². The molecule has 2 aromatic carbocycles. The molecule has 0 N–H and O–H groups in total. The van der Waals surface area contributed by atoms with E-state index in [1.54, 1.807) is 24.3 Å². The summed E-state index contributed by atoms with van der Waals surface area (Å²) in [5.74, 6) is 0.100. The van der Waals surface area contributed by atoms with Gasteiger partial charge in [-0.3, -0.25) is 4.79 Å². The molecule has 0 radical (unpaired) electrons. The Morgan fingerprint density at radius 1 is 1.09 bits per heavy atom. The minimum absolute atomic E-state index is 0.0739. The van der Waals surface area contributed by atoms with Crippen LogP contribution < -0.4 is 0 Å². The first kappa shape index (κ1) is 14.8. The molecule has 4 nitrogen and oxygen atoms in total. The number of carbonyl (C=O) groups excluding carboxylic acids is 1. The van der Waals surface area contributed by atoms with Crippen LogP contribution in [0.25, 0.3) is 0 Å². The van der Waals surface area contributed by atoms with Gasteiger partial charge in [0.1, 0.15) is 0 Å². The van der Waals surface area contributed by atoms with Gasteiger partial charge in [0.2, 0.25) is 5.91 Å². The monoisotopic (exact) mass is 315 g/mol. The second-order valence-corrected chi connectivity index (χ2v) is 7.58. The fraction of sp³-hybridized carbons (Fsp3) is 0.235. The van der Waals surface area contributed by atoms with Crippen LogP contribution in [-0.2, 0) is 21.1 Å². The second kappa shape index (κ2) is 5.57. The Hall–Kier alpha value is -2.14. The lowest BCUT2D eigenvalue weighted by atomic mass is 10.1. The Morgan fingerprint density at radius 3 is 2.32 bits per heavy atom. The van der Waals surface area contributed by atoms with Crippen molar-refractivity contribution in [3.05, 3.63) is 65.7 Å². The first-order valence-corrected chi connectivity index (χ1v) is 8.98. The molecule has 1 heterocycles. The van der Waals surface area contributed by atoms with Crippen LogP contribution >= 0.6 is 0 Å². The highest BCUT2D eigenvalue weighted by Crippen LogP contribution is 2.35. The van der Waals surface area contributed by atoms with E-state index in [9.17, 15) is 13.2 Å². The molecule has 114 valence electrons. The minimum atomic E-state index is -3.18. The highest BCUT2D eigenvalue weighted by molar-refractivity contribution is 7.90. The Bertz CT molecular complexity index is 782. The zero-order valence-corrected chi connectivity index (χ0v) is 13.1. The van der Waals surface area contributed by atoms with Gasteiger partial charge in [-0.2, -0.15) is 0 Å². The van der Waals surface area contributed by atoms with Gasteiger partial charge in [-0.1, -0.05) is 42.5 Å². The zero-order chi connectivity index (χ0) is 15.7. The predicted octanol–water partition coefficient (Wildman–Crippen LogP) is 2.22. The van der Waals surface area contributed by atoms with Crippen molar-refractivity contribution in [2.24, 2.45) is 0 Å². The standard InChI is InChI=1S/C17H17NO3S/c1-22(20,21)15-9-7-14(8-10-15)16-12-18(16)17(19)11-13-5-3-2-4-6-13/h2-10,16H,11-12H2,1H3. The third-order valence-electron chi connectivity index (χ3n) is 3.82. The third kappa shape index (κ3) is 3.20. The maximum Gasteiger partial charge on any atom is 0.227 e. The molecule has 0 spiro atoms. The van der Waals surface area contributed by atoms with Crippen molar-refractivity contribution in [2.75, 3.05) is 12.8 Å². The van der Waals surface area contributed by atoms with E-state index in [1.165, 1.54) is 6.26 Å². The van der Waals surface area contributed by atoms with E-state index in [2.05, 4.69) is 0 Å². The summed E-state index contributed by atoms with van der Waals surface area (Å²) in [4.78, 5) is 14.3. The summed E-state index contributed by atoms with van der Waals surface area (Å²) in [6.45, 7) is 0.698. The van der Waals surface area contributed by atoms with Crippen molar-refractivity contribution < 1.29 is 13.2 Å². The number of hydrogen-bond donors (Lipinski definition) is 0. The van der Waals surface area contributed by atoms with Crippen LogP contribution in [0.5, 0.6) is 0 Å². The fourth-order valence-electron chi connectivity index (χ4n) is 2.51. The van der Waals surface area contributed by atoms with Crippen molar-refractivity contribution in [1.82, 2.24) is 4.90 Å². The van der Waals surface area contributed by atoms with E-state index in [0.717, 1.165) is 11.1 Å². The van der Waals surface area contributed by atoms with Crippen LogP contribution in [0.15, 0.2) is 59.5 Å². The number of benzene rings is 2. The lowest BCUT2D eigenvalue weighted by Gasteiger charge is -2.06. The number of nitrogens with zero attached hydrogens (tertiary/aromatic N) is 1. The molecule has 0 bridgehead atoms. The first-order chi connectivity index (χ1) is 10.4. The van der Waals surface area contributed by atoms with Crippen LogP contribution in [0.3, 0.4) is 0 Å². The molecule has 1 amide bonds. The number of carbonyl (C=O) groups is 1. The van der Waals surface area contributed by atoms with Crippen LogP contribution in [0.1, 0.15) is 17.2 Å². The van der Waals surface area contributed by atoms with E-state index in [0.29, 0.717) is 17.9 Å². The number of rotatable bonds is 4.